The maximum atomic E-state index is 13.0. The van der Waals surface area contributed by atoms with Gasteiger partial charge in [-0.25, -0.2) is 4.39 Å². The van der Waals surface area contributed by atoms with E-state index in [9.17, 15) is 9.18 Å². The van der Waals surface area contributed by atoms with Crippen LogP contribution in [0.1, 0.15) is 11.1 Å². The number of nitrogens with one attached hydrogen (secondary N) is 1. The average molecular weight is 358 g/mol. The van der Waals surface area contributed by atoms with Crippen molar-refractivity contribution in [3.63, 3.8) is 0 Å². The van der Waals surface area contributed by atoms with E-state index in [0.717, 1.165) is 11.1 Å². The van der Waals surface area contributed by atoms with E-state index in [0.29, 0.717) is 24.8 Å². The molecule has 26 heavy (non-hydrogen) atoms. The lowest BCUT2D eigenvalue weighted by Gasteiger charge is -2.22. The van der Waals surface area contributed by atoms with E-state index in [1.807, 2.05) is 30.1 Å². The van der Waals surface area contributed by atoms with Crippen molar-refractivity contribution in [2.45, 2.75) is 13.1 Å². The highest BCUT2D eigenvalue weighted by Crippen LogP contribution is 2.13. The van der Waals surface area contributed by atoms with E-state index in [1.165, 1.54) is 12.1 Å². The molecular formula is C19H23FN4O2. The lowest BCUT2D eigenvalue weighted by atomic mass is 10.2. The van der Waals surface area contributed by atoms with Gasteiger partial charge in [-0.1, -0.05) is 24.3 Å². The van der Waals surface area contributed by atoms with Gasteiger partial charge in [0.05, 0.1) is 0 Å². The van der Waals surface area contributed by atoms with Crippen LogP contribution in [0, 0.1) is 5.82 Å². The number of nitrogens with two attached hydrogens (primary N) is 1. The minimum Gasteiger partial charge on any atom is -0.484 e. The number of guanidine groups is 1. The molecule has 7 heteroatoms. The number of halogens is 1. The Bertz CT molecular complexity index is 762. The molecule has 0 spiro atoms. The number of carbonyl (C=O) groups is 1. The Morgan fingerprint density at radius 2 is 1.96 bits per heavy atom. The molecule has 0 aliphatic heterocycles. The molecule has 0 atom stereocenters. The molecule has 138 valence electrons. The van der Waals surface area contributed by atoms with Gasteiger partial charge in [-0.15, -0.1) is 0 Å². The Morgan fingerprint density at radius 1 is 1.23 bits per heavy atom. The van der Waals surface area contributed by atoms with Crippen LogP contribution in [0.25, 0.3) is 0 Å². The first-order valence-electron chi connectivity index (χ1n) is 8.14. The molecule has 3 N–H and O–H groups in total. The number of carbonyl (C=O) groups excluding carboxylic acids is 1. The molecule has 6 nitrogen and oxygen atoms in total. The number of hydrogen-bond donors (Lipinski definition) is 2. The summed E-state index contributed by atoms with van der Waals surface area (Å²) < 4.78 is 18.3. The fourth-order valence-electron chi connectivity index (χ4n) is 2.40. The SMILES string of the molecule is CN=C(NCc1cccc(OCC(N)=O)c1)N(C)Cc1ccc(F)cc1. The van der Waals surface area contributed by atoms with Crippen molar-refractivity contribution in [3.05, 3.63) is 65.5 Å². The average Bonchev–Trinajstić information content (AvgIpc) is 2.63. The molecule has 2 aromatic carbocycles. The first-order chi connectivity index (χ1) is 12.5. The number of aliphatic imine (C=N–C) groups is 1. The Balaban J connectivity index is 1.92. The standard InChI is InChI=1S/C19H23FN4O2/c1-22-19(24(2)12-14-6-8-16(20)9-7-14)23-11-15-4-3-5-17(10-15)26-13-18(21)25/h3-10H,11-13H2,1-2H3,(H2,21,25)(H,22,23). The summed E-state index contributed by atoms with van der Waals surface area (Å²) in [4.78, 5) is 17.0. The van der Waals surface area contributed by atoms with Crippen LogP contribution in [-0.4, -0.2) is 37.5 Å². The second kappa shape index (κ2) is 9.41. The number of nitrogens with zero attached hydrogens (tertiary/aromatic N) is 2. The highest BCUT2D eigenvalue weighted by Gasteiger charge is 2.07. The molecule has 0 saturated carbocycles. The van der Waals surface area contributed by atoms with E-state index < -0.39 is 5.91 Å². The lowest BCUT2D eigenvalue weighted by Crippen LogP contribution is -2.38. The minimum absolute atomic E-state index is 0.154. The highest BCUT2D eigenvalue weighted by atomic mass is 19.1. The normalized spacial score (nSPS) is 11.1. The van der Waals surface area contributed by atoms with Crippen LogP contribution in [0.15, 0.2) is 53.5 Å². The number of ether oxygens (including phenoxy) is 1. The first-order valence-corrected chi connectivity index (χ1v) is 8.14. The number of amides is 1. The maximum absolute atomic E-state index is 13.0. The van der Waals surface area contributed by atoms with Crippen LogP contribution in [0.5, 0.6) is 5.75 Å². The first kappa shape index (κ1) is 19.2. The molecule has 0 unspecified atom stereocenters. The molecule has 0 saturated heterocycles. The Hall–Kier alpha value is -3.09. The fourth-order valence-corrected chi connectivity index (χ4v) is 2.40. The Morgan fingerprint density at radius 3 is 2.62 bits per heavy atom. The summed E-state index contributed by atoms with van der Waals surface area (Å²) in [5, 5.41) is 3.26. The molecule has 0 aromatic heterocycles. The zero-order chi connectivity index (χ0) is 18.9. The van der Waals surface area contributed by atoms with E-state index >= 15 is 0 Å². The summed E-state index contributed by atoms with van der Waals surface area (Å²) in [6.07, 6.45) is 0. The summed E-state index contributed by atoms with van der Waals surface area (Å²) >= 11 is 0. The van der Waals surface area contributed by atoms with Gasteiger partial charge in [-0.3, -0.25) is 9.79 Å². The zero-order valence-electron chi connectivity index (χ0n) is 14.9. The molecule has 0 fully saturated rings. The quantitative estimate of drug-likeness (QED) is 0.585. The van der Waals surface area contributed by atoms with Gasteiger partial charge in [0.15, 0.2) is 12.6 Å². The van der Waals surface area contributed by atoms with Gasteiger partial charge in [0.1, 0.15) is 11.6 Å². The third kappa shape index (κ3) is 6.08. The van der Waals surface area contributed by atoms with Crippen molar-refractivity contribution in [2.75, 3.05) is 20.7 Å². The van der Waals surface area contributed by atoms with Crippen molar-refractivity contribution in [1.29, 1.82) is 0 Å². The predicted molar refractivity (Wildman–Crippen MR) is 99.2 cm³/mol. The molecule has 0 aliphatic rings. The summed E-state index contributed by atoms with van der Waals surface area (Å²) in [5.41, 5.74) is 7.04. The van der Waals surface area contributed by atoms with Crippen molar-refractivity contribution >= 4 is 11.9 Å². The maximum Gasteiger partial charge on any atom is 0.255 e. The molecule has 2 rings (SSSR count). The van der Waals surface area contributed by atoms with Crippen LogP contribution in [0.2, 0.25) is 0 Å². The van der Waals surface area contributed by atoms with Gasteiger partial charge in [0.25, 0.3) is 5.91 Å². The second-order valence-corrected chi connectivity index (χ2v) is 5.79. The molecular weight excluding hydrogens is 335 g/mol. The van der Waals surface area contributed by atoms with Gasteiger partial charge < -0.3 is 20.7 Å². The molecule has 0 radical (unpaired) electrons. The molecule has 1 amide bonds. The van der Waals surface area contributed by atoms with E-state index in [-0.39, 0.29) is 12.4 Å². The van der Waals surface area contributed by atoms with Gasteiger partial charge >= 0.3 is 0 Å². The number of rotatable bonds is 7. The topological polar surface area (TPSA) is 80.0 Å². The highest BCUT2D eigenvalue weighted by molar-refractivity contribution is 5.79. The third-order valence-electron chi connectivity index (χ3n) is 3.64. The Kier molecular flexibility index (Phi) is 6.96. The van der Waals surface area contributed by atoms with Crippen molar-refractivity contribution < 1.29 is 13.9 Å². The van der Waals surface area contributed by atoms with Crippen LogP contribution in [0.4, 0.5) is 4.39 Å². The number of hydrogen-bond acceptors (Lipinski definition) is 3. The summed E-state index contributed by atoms with van der Waals surface area (Å²) in [5.74, 6) is 0.518. The van der Waals surface area contributed by atoms with Crippen molar-refractivity contribution in [2.24, 2.45) is 10.7 Å². The summed E-state index contributed by atoms with van der Waals surface area (Å²) in [6, 6.07) is 13.8. The molecule has 0 aliphatic carbocycles. The summed E-state index contributed by atoms with van der Waals surface area (Å²) in [7, 11) is 3.61. The van der Waals surface area contributed by atoms with E-state index in [1.54, 1.807) is 25.2 Å². The predicted octanol–water partition coefficient (Wildman–Crippen LogP) is 1.90. The zero-order valence-corrected chi connectivity index (χ0v) is 14.9. The van der Waals surface area contributed by atoms with Crippen LogP contribution < -0.4 is 15.8 Å². The largest absolute Gasteiger partial charge is 0.484 e. The number of benzene rings is 2. The number of primary amides is 1. The fraction of sp³-hybridized carbons (Fsp3) is 0.263. The third-order valence-corrected chi connectivity index (χ3v) is 3.64. The van der Waals surface area contributed by atoms with Gasteiger partial charge in [-0.2, -0.15) is 0 Å². The second-order valence-electron chi connectivity index (χ2n) is 5.79. The van der Waals surface area contributed by atoms with Gasteiger partial charge in [-0.05, 0) is 35.4 Å². The smallest absolute Gasteiger partial charge is 0.255 e. The molecule has 2 aromatic rings. The Labute approximate surface area is 152 Å². The van der Waals surface area contributed by atoms with Crippen LogP contribution in [0.3, 0.4) is 0 Å². The van der Waals surface area contributed by atoms with Gasteiger partial charge in [0.2, 0.25) is 0 Å². The van der Waals surface area contributed by atoms with Crippen molar-refractivity contribution in [3.8, 4) is 5.75 Å². The lowest BCUT2D eigenvalue weighted by molar-refractivity contribution is -0.119. The van der Waals surface area contributed by atoms with Crippen molar-refractivity contribution in [1.82, 2.24) is 10.2 Å². The van der Waals surface area contributed by atoms with E-state index in [4.69, 9.17) is 10.5 Å². The van der Waals surface area contributed by atoms with Crippen LogP contribution >= 0.6 is 0 Å². The molecule has 0 bridgehead atoms. The molecule has 0 heterocycles. The summed E-state index contributed by atoms with van der Waals surface area (Å²) in [6.45, 7) is 0.981. The minimum atomic E-state index is -0.517. The van der Waals surface area contributed by atoms with Gasteiger partial charge in [0, 0.05) is 27.2 Å². The monoisotopic (exact) mass is 358 g/mol. The van der Waals surface area contributed by atoms with E-state index in [2.05, 4.69) is 10.3 Å². The van der Waals surface area contributed by atoms with Crippen LogP contribution in [-0.2, 0) is 17.9 Å².